The number of esters is 2. The predicted octanol–water partition coefficient (Wildman–Crippen LogP) is 1.26. The van der Waals surface area contributed by atoms with Crippen LogP contribution < -0.4 is 5.32 Å². The van der Waals surface area contributed by atoms with E-state index in [2.05, 4.69) is 36.0 Å². The van der Waals surface area contributed by atoms with E-state index in [0.717, 1.165) is 4.47 Å². The van der Waals surface area contributed by atoms with Gasteiger partial charge in [0.2, 0.25) is 0 Å². The van der Waals surface area contributed by atoms with Crippen molar-refractivity contribution in [3.63, 3.8) is 0 Å². The normalized spacial score (nSPS) is 24.2. The van der Waals surface area contributed by atoms with Crippen LogP contribution in [0.25, 0.3) is 0 Å². The molecule has 0 fully saturated rings. The molecule has 1 aromatic heterocycles. The van der Waals surface area contributed by atoms with Crippen molar-refractivity contribution in [1.29, 1.82) is 0 Å². The van der Waals surface area contributed by atoms with Gasteiger partial charge in [0.25, 0.3) is 0 Å². The molecular weight excluding hydrogens is 342 g/mol. The monoisotopic (exact) mass is 357 g/mol. The van der Waals surface area contributed by atoms with Crippen LogP contribution in [0, 0.1) is 0 Å². The molecule has 0 radical (unpaired) electrons. The standard InChI is InChI=1S/C13H16BrN3O4/c1-13(4-10(11(18)20-2)16-7-17-13)6-21-12(19)9-3-8(14)5-15-9/h3,5,7,10,15H,4,6H2,1-2H3,(H,16,17)/t10-,13+/m0/s1. The van der Waals surface area contributed by atoms with Gasteiger partial charge in [0.1, 0.15) is 12.3 Å². The molecule has 0 unspecified atom stereocenters. The Labute approximate surface area is 130 Å². The predicted molar refractivity (Wildman–Crippen MR) is 79.2 cm³/mol. The maximum Gasteiger partial charge on any atom is 0.354 e. The summed E-state index contributed by atoms with van der Waals surface area (Å²) in [6, 6.07) is 1.05. The highest BCUT2D eigenvalue weighted by Gasteiger charge is 2.35. The Balaban J connectivity index is 1.94. The van der Waals surface area contributed by atoms with Crippen LogP contribution in [-0.2, 0) is 14.3 Å². The fourth-order valence-electron chi connectivity index (χ4n) is 1.99. The number of H-pyrrole nitrogens is 1. The molecule has 21 heavy (non-hydrogen) atoms. The second-order valence-corrected chi connectivity index (χ2v) is 5.95. The van der Waals surface area contributed by atoms with Crippen LogP contribution in [-0.4, -0.2) is 48.6 Å². The maximum atomic E-state index is 11.9. The Kier molecular flexibility index (Phi) is 4.66. The van der Waals surface area contributed by atoms with E-state index in [-0.39, 0.29) is 6.61 Å². The molecule has 0 saturated heterocycles. The molecule has 7 nitrogen and oxygen atoms in total. The van der Waals surface area contributed by atoms with Gasteiger partial charge in [-0.2, -0.15) is 0 Å². The maximum absolute atomic E-state index is 11.9. The van der Waals surface area contributed by atoms with Gasteiger partial charge in [0, 0.05) is 17.1 Å². The topological polar surface area (TPSA) is 92.8 Å². The third-order valence-corrected chi connectivity index (χ3v) is 3.63. The minimum Gasteiger partial charge on any atom is -0.467 e. The quantitative estimate of drug-likeness (QED) is 0.791. The van der Waals surface area contributed by atoms with Gasteiger partial charge in [0.05, 0.1) is 19.0 Å². The molecule has 2 heterocycles. The number of methoxy groups -OCH3 is 1. The average Bonchev–Trinajstić information content (AvgIpc) is 2.90. The summed E-state index contributed by atoms with van der Waals surface area (Å²) in [6.07, 6.45) is 3.49. The van der Waals surface area contributed by atoms with E-state index in [9.17, 15) is 9.59 Å². The Morgan fingerprint density at radius 2 is 2.33 bits per heavy atom. The minimum atomic E-state index is -0.584. The number of aliphatic imine (C=N–C) groups is 1. The zero-order valence-corrected chi connectivity index (χ0v) is 13.3. The van der Waals surface area contributed by atoms with E-state index < -0.39 is 23.5 Å². The highest BCUT2D eigenvalue weighted by Crippen LogP contribution is 2.20. The zero-order valence-electron chi connectivity index (χ0n) is 11.7. The Hall–Kier alpha value is -1.83. The SMILES string of the molecule is COC(=O)[C@@H]1C[C@](C)(COC(=O)c2cc(Br)c[nH]2)NC=N1. The van der Waals surface area contributed by atoms with Crippen LogP contribution in [0.5, 0.6) is 0 Å². The lowest BCUT2D eigenvalue weighted by Crippen LogP contribution is -2.52. The summed E-state index contributed by atoms with van der Waals surface area (Å²) in [5.74, 6) is -0.862. The summed E-state index contributed by atoms with van der Waals surface area (Å²) in [7, 11) is 1.32. The number of ether oxygens (including phenoxy) is 2. The van der Waals surface area contributed by atoms with E-state index in [1.54, 1.807) is 12.3 Å². The molecular formula is C13H16BrN3O4. The number of carbonyl (C=O) groups excluding carboxylic acids is 2. The largest absolute Gasteiger partial charge is 0.467 e. The molecule has 0 aromatic carbocycles. The number of rotatable bonds is 4. The first-order valence-electron chi connectivity index (χ1n) is 6.32. The second kappa shape index (κ2) is 6.30. The number of aromatic nitrogens is 1. The van der Waals surface area contributed by atoms with Crippen molar-refractivity contribution in [1.82, 2.24) is 10.3 Å². The summed E-state index contributed by atoms with van der Waals surface area (Å²) >= 11 is 3.25. The number of halogens is 1. The van der Waals surface area contributed by atoms with Gasteiger partial charge in [-0.15, -0.1) is 0 Å². The molecule has 1 aromatic rings. The van der Waals surface area contributed by atoms with E-state index in [4.69, 9.17) is 4.74 Å². The molecule has 0 aliphatic carbocycles. The van der Waals surface area contributed by atoms with Crippen LogP contribution in [0.1, 0.15) is 23.8 Å². The summed E-state index contributed by atoms with van der Waals surface area (Å²) in [4.78, 5) is 30.2. The first-order valence-corrected chi connectivity index (χ1v) is 7.11. The smallest absolute Gasteiger partial charge is 0.354 e. The molecule has 2 N–H and O–H groups in total. The van der Waals surface area contributed by atoms with Gasteiger partial charge in [-0.1, -0.05) is 0 Å². The van der Waals surface area contributed by atoms with Gasteiger partial charge in [-0.25, -0.2) is 9.59 Å². The van der Waals surface area contributed by atoms with E-state index in [1.165, 1.54) is 13.4 Å². The number of nitrogens with one attached hydrogen (secondary N) is 2. The van der Waals surface area contributed by atoms with Crippen molar-refractivity contribution >= 4 is 34.2 Å². The number of aromatic amines is 1. The van der Waals surface area contributed by atoms with Crippen molar-refractivity contribution in [2.75, 3.05) is 13.7 Å². The van der Waals surface area contributed by atoms with Crippen molar-refractivity contribution < 1.29 is 19.1 Å². The van der Waals surface area contributed by atoms with Gasteiger partial charge in [0.15, 0.2) is 6.04 Å². The van der Waals surface area contributed by atoms with Gasteiger partial charge < -0.3 is 19.8 Å². The van der Waals surface area contributed by atoms with Gasteiger partial charge in [-0.05, 0) is 28.9 Å². The average molecular weight is 358 g/mol. The van der Waals surface area contributed by atoms with Gasteiger partial charge in [-0.3, -0.25) is 4.99 Å². The minimum absolute atomic E-state index is 0.113. The van der Waals surface area contributed by atoms with Crippen LogP contribution in [0.2, 0.25) is 0 Å². The number of hydrogen-bond donors (Lipinski definition) is 2. The van der Waals surface area contributed by atoms with E-state index in [1.807, 2.05) is 6.92 Å². The first-order chi connectivity index (χ1) is 9.93. The molecule has 0 spiro atoms. The molecule has 2 atom stereocenters. The zero-order chi connectivity index (χ0) is 15.5. The molecule has 1 aliphatic rings. The molecule has 8 heteroatoms. The lowest BCUT2D eigenvalue weighted by molar-refractivity contribution is -0.142. The van der Waals surface area contributed by atoms with Crippen molar-refractivity contribution in [3.8, 4) is 0 Å². The summed E-state index contributed by atoms with van der Waals surface area (Å²) in [5, 5.41) is 3.02. The van der Waals surface area contributed by atoms with Crippen molar-refractivity contribution in [2.45, 2.75) is 24.9 Å². The molecule has 114 valence electrons. The van der Waals surface area contributed by atoms with Crippen LogP contribution in [0.15, 0.2) is 21.7 Å². The summed E-state index contributed by atoms with van der Waals surface area (Å²) in [5.41, 5.74) is -0.209. The third-order valence-electron chi connectivity index (χ3n) is 3.17. The third kappa shape index (κ3) is 3.84. The Morgan fingerprint density at radius 1 is 1.57 bits per heavy atom. The van der Waals surface area contributed by atoms with Crippen LogP contribution in [0.4, 0.5) is 0 Å². The van der Waals surface area contributed by atoms with Crippen LogP contribution in [0.3, 0.4) is 0 Å². The molecule has 0 bridgehead atoms. The fourth-order valence-corrected chi connectivity index (χ4v) is 2.33. The number of carbonyl (C=O) groups is 2. The van der Waals surface area contributed by atoms with E-state index in [0.29, 0.717) is 12.1 Å². The molecule has 1 aliphatic heterocycles. The van der Waals surface area contributed by atoms with Crippen molar-refractivity contribution in [2.24, 2.45) is 4.99 Å². The summed E-state index contributed by atoms with van der Waals surface area (Å²) in [6.45, 7) is 1.97. The first kappa shape index (κ1) is 15.6. The lowest BCUT2D eigenvalue weighted by Gasteiger charge is -2.34. The number of nitrogens with zero attached hydrogens (tertiary/aromatic N) is 1. The fraction of sp³-hybridized carbons (Fsp3) is 0.462. The number of hydrogen-bond acceptors (Lipinski definition) is 6. The molecule has 0 amide bonds. The lowest BCUT2D eigenvalue weighted by atomic mass is 9.93. The molecule has 0 saturated carbocycles. The van der Waals surface area contributed by atoms with Crippen molar-refractivity contribution in [3.05, 3.63) is 22.4 Å². The highest BCUT2D eigenvalue weighted by molar-refractivity contribution is 9.10. The Bertz CT molecular complexity index is 572. The highest BCUT2D eigenvalue weighted by atomic mass is 79.9. The molecule has 2 rings (SSSR count). The van der Waals surface area contributed by atoms with Crippen LogP contribution >= 0.6 is 15.9 Å². The van der Waals surface area contributed by atoms with E-state index >= 15 is 0 Å². The van der Waals surface area contributed by atoms with Gasteiger partial charge >= 0.3 is 11.9 Å². The summed E-state index contributed by atoms with van der Waals surface area (Å²) < 4.78 is 10.7. The Morgan fingerprint density at radius 3 is 2.95 bits per heavy atom. The second-order valence-electron chi connectivity index (χ2n) is 5.03.